The van der Waals surface area contributed by atoms with Crippen LogP contribution in [0.3, 0.4) is 0 Å². The molecule has 62 valence electrons. The van der Waals surface area contributed by atoms with Crippen LogP contribution in [0.4, 0.5) is 0 Å². The minimum Gasteiger partial charge on any atom is -0.380 e. The first kappa shape index (κ1) is 10.3. The van der Waals surface area contributed by atoms with Crippen molar-refractivity contribution >= 4 is 0 Å². The van der Waals surface area contributed by atoms with E-state index in [0.29, 0.717) is 0 Å². The van der Waals surface area contributed by atoms with Gasteiger partial charge < -0.3 is 4.74 Å². The van der Waals surface area contributed by atoms with Crippen molar-refractivity contribution in [2.45, 2.75) is 32.8 Å². The zero-order valence-electron chi connectivity index (χ0n) is 7.55. The van der Waals surface area contributed by atoms with Crippen LogP contribution in [0.2, 0.25) is 0 Å². The van der Waals surface area contributed by atoms with Gasteiger partial charge in [0.25, 0.3) is 0 Å². The van der Waals surface area contributed by atoms with Gasteiger partial charge in [-0.15, -0.1) is 11.8 Å². The maximum atomic E-state index is 5.20. The molecule has 11 heavy (non-hydrogen) atoms. The van der Waals surface area contributed by atoms with E-state index in [1.165, 1.54) is 0 Å². The Morgan fingerprint density at radius 2 is 2.27 bits per heavy atom. The fraction of sp³-hybridized carbons (Fsp3) is 0.600. The Labute approximate surface area is 69.4 Å². The molecule has 1 nitrogen and oxygen atoms in total. The van der Waals surface area contributed by atoms with Crippen LogP contribution in [-0.2, 0) is 4.74 Å². The maximum Gasteiger partial charge on any atom is 0.0714 e. The third-order valence-corrected chi connectivity index (χ3v) is 1.47. The number of methoxy groups -OCH3 is 1. The molecular weight excluding hydrogens is 136 g/mol. The van der Waals surface area contributed by atoms with E-state index in [0.717, 1.165) is 12.8 Å². The Morgan fingerprint density at radius 1 is 1.55 bits per heavy atom. The van der Waals surface area contributed by atoms with Crippen molar-refractivity contribution in [2.24, 2.45) is 0 Å². The summed E-state index contributed by atoms with van der Waals surface area (Å²) in [5.74, 6) is 5.85. The molecule has 1 unspecified atom stereocenters. The van der Waals surface area contributed by atoms with E-state index in [9.17, 15) is 0 Å². The van der Waals surface area contributed by atoms with Crippen molar-refractivity contribution in [3.05, 3.63) is 12.2 Å². The summed E-state index contributed by atoms with van der Waals surface area (Å²) in [6, 6.07) is 0. The number of hydrogen-bond acceptors (Lipinski definition) is 1. The zero-order chi connectivity index (χ0) is 8.53. The van der Waals surface area contributed by atoms with Crippen LogP contribution in [0, 0.1) is 11.8 Å². The molecule has 1 atom stereocenters. The van der Waals surface area contributed by atoms with Crippen LogP contribution in [-0.4, -0.2) is 13.2 Å². The van der Waals surface area contributed by atoms with Crippen molar-refractivity contribution in [3.63, 3.8) is 0 Å². The van der Waals surface area contributed by atoms with Gasteiger partial charge in [-0.05, 0) is 20.3 Å². The molecule has 0 saturated heterocycles. The van der Waals surface area contributed by atoms with E-state index in [1.54, 1.807) is 7.11 Å². The Hall–Kier alpha value is -0.740. The van der Waals surface area contributed by atoms with Gasteiger partial charge in [0.05, 0.1) is 6.10 Å². The predicted molar refractivity (Wildman–Crippen MR) is 48.3 cm³/mol. The largest absolute Gasteiger partial charge is 0.380 e. The van der Waals surface area contributed by atoms with Gasteiger partial charge >= 0.3 is 0 Å². The minimum atomic E-state index is 0.263. The summed E-state index contributed by atoms with van der Waals surface area (Å²) >= 11 is 0. The molecule has 0 N–H and O–H groups in total. The molecule has 0 spiro atoms. The number of hydrogen-bond donors (Lipinski definition) is 0. The van der Waals surface area contributed by atoms with Crippen LogP contribution < -0.4 is 0 Å². The van der Waals surface area contributed by atoms with Crippen LogP contribution in [0.1, 0.15) is 26.7 Å². The monoisotopic (exact) mass is 152 g/mol. The molecule has 0 rings (SSSR count). The molecule has 0 aromatic carbocycles. The topological polar surface area (TPSA) is 9.23 Å². The van der Waals surface area contributed by atoms with Gasteiger partial charge in [-0.1, -0.05) is 12.2 Å². The smallest absolute Gasteiger partial charge is 0.0714 e. The Balaban J connectivity index is 3.63. The normalized spacial score (nSPS) is 12.6. The Bertz CT molecular complexity index is 159. The van der Waals surface area contributed by atoms with Gasteiger partial charge in [0.2, 0.25) is 0 Å². The van der Waals surface area contributed by atoms with E-state index in [1.807, 2.05) is 19.9 Å². The number of ether oxygens (including phenoxy) is 1. The molecule has 1 heteroatoms. The highest BCUT2D eigenvalue weighted by Gasteiger charge is 2.00. The summed E-state index contributed by atoms with van der Waals surface area (Å²) < 4.78 is 5.20. The first-order valence-electron chi connectivity index (χ1n) is 3.88. The number of rotatable bonds is 4. The highest BCUT2D eigenvalue weighted by molar-refractivity contribution is 4.98. The van der Waals surface area contributed by atoms with E-state index >= 15 is 0 Å². The fourth-order valence-corrected chi connectivity index (χ4v) is 0.767. The third kappa shape index (κ3) is 5.69. The standard InChI is InChI=1S/C10H16O/c1-4-6-8-10(11-3)9-7-5-2/h4,6,10H,8-9H2,1-3H3. The molecule has 0 aromatic rings. The van der Waals surface area contributed by atoms with Crippen molar-refractivity contribution in [1.29, 1.82) is 0 Å². The van der Waals surface area contributed by atoms with Gasteiger partial charge in [0.15, 0.2) is 0 Å². The van der Waals surface area contributed by atoms with Crippen molar-refractivity contribution in [1.82, 2.24) is 0 Å². The van der Waals surface area contributed by atoms with E-state index < -0.39 is 0 Å². The summed E-state index contributed by atoms with van der Waals surface area (Å²) in [5.41, 5.74) is 0. The lowest BCUT2D eigenvalue weighted by Gasteiger charge is -2.08. The quantitative estimate of drug-likeness (QED) is 0.444. The lowest BCUT2D eigenvalue weighted by Crippen LogP contribution is -2.07. The highest BCUT2D eigenvalue weighted by Crippen LogP contribution is 2.02. The van der Waals surface area contributed by atoms with Crippen molar-refractivity contribution in [2.75, 3.05) is 7.11 Å². The molecule has 0 aliphatic rings. The second kappa shape index (κ2) is 7.37. The molecule has 0 aliphatic heterocycles. The molecule has 0 aliphatic carbocycles. The van der Waals surface area contributed by atoms with Gasteiger partial charge in [0.1, 0.15) is 0 Å². The van der Waals surface area contributed by atoms with Crippen molar-refractivity contribution in [3.8, 4) is 11.8 Å². The minimum absolute atomic E-state index is 0.263. The average Bonchev–Trinajstić information content (AvgIpc) is 2.05. The van der Waals surface area contributed by atoms with Crippen LogP contribution in [0.15, 0.2) is 12.2 Å². The SMILES string of the molecule is CC#CCC(CC=CC)OC. The fourth-order valence-electron chi connectivity index (χ4n) is 0.767. The lowest BCUT2D eigenvalue weighted by molar-refractivity contribution is 0.109. The second-order valence-electron chi connectivity index (χ2n) is 2.29. The van der Waals surface area contributed by atoms with Gasteiger partial charge in [-0.25, -0.2) is 0 Å². The van der Waals surface area contributed by atoms with E-state index in [2.05, 4.69) is 17.9 Å². The maximum absolute atomic E-state index is 5.20. The molecule has 0 aromatic heterocycles. The highest BCUT2D eigenvalue weighted by atomic mass is 16.5. The van der Waals surface area contributed by atoms with Crippen LogP contribution in [0.25, 0.3) is 0 Å². The van der Waals surface area contributed by atoms with E-state index in [-0.39, 0.29) is 6.10 Å². The van der Waals surface area contributed by atoms with Crippen LogP contribution >= 0.6 is 0 Å². The lowest BCUT2D eigenvalue weighted by atomic mass is 10.2. The first-order valence-corrected chi connectivity index (χ1v) is 3.88. The van der Waals surface area contributed by atoms with Crippen molar-refractivity contribution < 1.29 is 4.74 Å². The second-order valence-corrected chi connectivity index (χ2v) is 2.29. The summed E-state index contributed by atoms with van der Waals surface area (Å²) in [6.45, 7) is 3.86. The summed E-state index contributed by atoms with van der Waals surface area (Å²) in [4.78, 5) is 0. The zero-order valence-corrected chi connectivity index (χ0v) is 7.55. The summed E-state index contributed by atoms with van der Waals surface area (Å²) in [6.07, 6.45) is 6.19. The number of allylic oxidation sites excluding steroid dienone is 1. The Kier molecular flexibility index (Phi) is 6.87. The third-order valence-electron chi connectivity index (χ3n) is 1.47. The molecule has 0 saturated carbocycles. The molecule has 0 fully saturated rings. The van der Waals surface area contributed by atoms with Gasteiger partial charge in [0, 0.05) is 13.5 Å². The van der Waals surface area contributed by atoms with Gasteiger partial charge in [-0.3, -0.25) is 0 Å². The van der Waals surface area contributed by atoms with Gasteiger partial charge in [-0.2, -0.15) is 0 Å². The Morgan fingerprint density at radius 3 is 2.73 bits per heavy atom. The first-order chi connectivity index (χ1) is 5.35. The average molecular weight is 152 g/mol. The van der Waals surface area contributed by atoms with Crippen LogP contribution in [0.5, 0.6) is 0 Å². The van der Waals surface area contributed by atoms with E-state index in [4.69, 9.17) is 4.74 Å². The summed E-state index contributed by atoms with van der Waals surface area (Å²) in [5, 5.41) is 0. The molecule has 0 heterocycles. The molecule has 0 radical (unpaired) electrons. The summed E-state index contributed by atoms with van der Waals surface area (Å²) in [7, 11) is 1.73. The molecular formula is C10H16O. The predicted octanol–water partition coefficient (Wildman–Crippen LogP) is 2.38. The molecule has 0 amide bonds. The molecule has 0 bridgehead atoms.